The van der Waals surface area contributed by atoms with Crippen LogP contribution in [0.3, 0.4) is 0 Å². The highest BCUT2D eigenvalue weighted by Crippen LogP contribution is 2.36. The number of rotatable bonds is 8. The maximum Gasteiger partial charge on any atom is 0.326 e. The van der Waals surface area contributed by atoms with Crippen molar-refractivity contribution in [2.75, 3.05) is 0 Å². The predicted octanol–water partition coefficient (Wildman–Crippen LogP) is 5.72. The topological polar surface area (TPSA) is 66.4 Å². The number of carbonyl (C=O) groups excluding carboxylic acids is 1. The van der Waals surface area contributed by atoms with Crippen LogP contribution in [0, 0.1) is 0 Å². The molecule has 33 heavy (non-hydrogen) atoms. The Balaban J connectivity index is 1.29. The third-order valence-corrected chi connectivity index (χ3v) is 6.38. The number of benzene rings is 5. The first-order chi connectivity index (χ1) is 16.1. The Kier molecular flexibility index (Phi) is 5.66. The molecular formula is C29H25NO3. The van der Waals surface area contributed by atoms with Crippen molar-refractivity contribution in [3.05, 3.63) is 96.1 Å². The van der Waals surface area contributed by atoms with E-state index in [0.717, 1.165) is 12.0 Å². The Morgan fingerprint density at radius 3 is 2.15 bits per heavy atom. The fourth-order valence-electron chi connectivity index (χ4n) is 4.77. The van der Waals surface area contributed by atoms with E-state index in [-0.39, 0.29) is 12.3 Å². The molecule has 5 aromatic rings. The molecule has 4 heteroatoms. The Morgan fingerprint density at radius 2 is 1.42 bits per heavy atom. The summed E-state index contributed by atoms with van der Waals surface area (Å²) in [5.41, 5.74) is 2.10. The van der Waals surface area contributed by atoms with E-state index in [1.165, 1.54) is 37.9 Å². The highest BCUT2D eigenvalue weighted by Gasteiger charge is 2.20. The zero-order chi connectivity index (χ0) is 22.8. The molecule has 0 saturated carbocycles. The minimum atomic E-state index is -1.01. The van der Waals surface area contributed by atoms with Crippen LogP contribution in [0.25, 0.3) is 32.3 Å². The zero-order valence-electron chi connectivity index (χ0n) is 18.3. The largest absolute Gasteiger partial charge is 0.480 e. The van der Waals surface area contributed by atoms with Gasteiger partial charge in [-0.1, -0.05) is 84.9 Å². The summed E-state index contributed by atoms with van der Waals surface area (Å²) in [4.78, 5) is 24.1. The molecule has 0 bridgehead atoms. The Hall–Kier alpha value is -3.92. The number of aliphatic carboxylic acids is 1. The summed E-state index contributed by atoms with van der Waals surface area (Å²) in [5.74, 6) is -1.24. The van der Waals surface area contributed by atoms with Crippen LogP contribution < -0.4 is 5.32 Å². The molecule has 0 spiro atoms. The van der Waals surface area contributed by atoms with Crippen LogP contribution >= 0.6 is 0 Å². The lowest BCUT2D eigenvalue weighted by Gasteiger charge is -2.15. The van der Waals surface area contributed by atoms with Crippen LogP contribution in [0.4, 0.5) is 0 Å². The van der Waals surface area contributed by atoms with Crippen molar-refractivity contribution in [2.45, 2.75) is 31.7 Å². The number of hydrogen-bond acceptors (Lipinski definition) is 2. The number of aryl methyl sites for hydroxylation is 1. The Morgan fingerprint density at radius 1 is 0.758 bits per heavy atom. The minimum absolute atomic E-state index is 0.226. The van der Waals surface area contributed by atoms with E-state index < -0.39 is 12.0 Å². The fourth-order valence-corrected chi connectivity index (χ4v) is 4.77. The molecule has 0 aromatic heterocycles. The van der Waals surface area contributed by atoms with Crippen molar-refractivity contribution in [2.24, 2.45) is 0 Å². The van der Waals surface area contributed by atoms with Gasteiger partial charge in [-0.2, -0.15) is 0 Å². The summed E-state index contributed by atoms with van der Waals surface area (Å²) in [6, 6.07) is 27.8. The Labute approximate surface area is 192 Å². The highest BCUT2D eigenvalue weighted by atomic mass is 16.4. The normalized spacial score (nSPS) is 12.4. The molecule has 0 aliphatic rings. The molecular weight excluding hydrogens is 410 g/mol. The van der Waals surface area contributed by atoms with Crippen LogP contribution in [0.1, 0.15) is 24.0 Å². The number of carboxylic acid groups (broad SMARTS) is 1. The maximum absolute atomic E-state index is 12.5. The van der Waals surface area contributed by atoms with Crippen molar-refractivity contribution < 1.29 is 14.7 Å². The van der Waals surface area contributed by atoms with Crippen molar-refractivity contribution >= 4 is 44.2 Å². The van der Waals surface area contributed by atoms with Gasteiger partial charge in [-0.15, -0.1) is 0 Å². The molecule has 0 aliphatic carbocycles. The van der Waals surface area contributed by atoms with Gasteiger partial charge >= 0.3 is 5.97 Å². The van der Waals surface area contributed by atoms with Gasteiger partial charge in [0.15, 0.2) is 0 Å². The highest BCUT2D eigenvalue weighted by molar-refractivity contribution is 6.23. The second-order valence-corrected chi connectivity index (χ2v) is 8.58. The lowest BCUT2D eigenvalue weighted by atomic mass is 9.90. The Bertz CT molecular complexity index is 1430. The van der Waals surface area contributed by atoms with Crippen molar-refractivity contribution in [3.63, 3.8) is 0 Å². The summed E-state index contributed by atoms with van der Waals surface area (Å²) >= 11 is 0. The van der Waals surface area contributed by atoms with Crippen molar-refractivity contribution in [3.8, 4) is 0 Å². The molecule has 0 heterocycles. The summed E-state index contributed by atoms with van der Waals surface area (Å²) in [6.45, 7) is 0. The van der Waals surface area contributed by atoms with Gasteiger partial charge in [0.1, 0.15) is 6.04 Å². The second kappa shape index (κ2) is 8.91. The van der Waals surface area contributed by atoms with Crippen molar-refractivity contribution in [1.82, 2.24) is 5.32 Å². The minimum Gasteiger partial charge on any atom is -0.480 e. The number of hydrogen-bond donors (Lipinski definition) is 2. The molecule has 1 amide bonds. The van der Waals surface area contributed by atoms with E-state index in [4.69, 9.17) is 0 Å². The maximum atomic E-state index is 12.5. The molecule has 5 aromatic carbocycles. The molecule has 0 fully saturated rings. The molecule has 0 aliphatic heterocycles. The predicted molar refractivity (Wildman–Crippen MR) is 133 cm³/mol. The first-order valence-electron chi connectivity index (χ1n) is 11.3. The van der Waals surface area contributed by atoms with Gasteiger partial charge in [0, 0.05) is 12.8 Å². The van der Waals surface area contributed by atoms with E-state index in [0.29, 0.717) is 12.8 Å². The van der Waals surface area contributed by atoms with Crippen molar-refractivity contribution in [1.29, 1.82) is 0 Å². The van der Waals surface area contributed by atoms with E-state index in [2.05, 4.69) is 59.9 Å². The molecule has 0 unspecified atom stereocenters. The lowest BCUT2D eigenvalue weighted by molar-refractivity contribution is -0.141. The summed E-state index contributed by atoms with van der Waals surface area (Å²) in [6.07, 6.45) is 1.99. The first kappa shape index (κ1) is 21.0. The third kappa shape index (κ3) is 4.24. The molecule has 4 nitrogen and oxygen atoms in total. The van der Waals surface area contributed by atoms with Gasteiger partial charge in [-0.05, 0) is 56.3 Å². The third-order valence-electron chi connectivity index (χ3n) is 6.38. The number of amides is 1. The molecule has 1 atom stereocenters. The summed E-state index contributed by atoms with van der Waals surface area (Å²) in [7, 11) is 0. The van der Waals surface area contributed by atoms with Crippen LogP contribution in [-0.2, 0) is 22.4 Å². The van der Waals surface area contributed by atoms with Crippen LogP contribution in [0.5, 0.6) is 0 Å². The summed E-state index contributed by atoms with van der Waals surface area (Å²) in [5, 5.41) is 19.7. The standard InChI is InChI=1S/C29H25NO3/c31-26(30-25(29(32)33)18-19-6-2-1-3-7-19)11-5-8-20-12-13-23-15-14-21-9-4-10-22-16-17-24(20)28(23)27(21)22/h1-4,6-7,9-10,12-17,25H,5,8,11,18H2,(H,30,31)(H,32,33)/t25-/m0/s1. The fraction of sp³-hybridized carbons (Fsp3) is 0.172. The molecule has 2 N–H and O–H groups in total. The van der Waals surface area contributed by atoms with Crippen LogP contribution in [-0.4, -0.2) is 23.0 Å². The average molecular weight is 436 g/mol. The number of carbonyl (C=O) groups is 2. The second-order valence-electron chi connectivity index (χ2n) is 8.58. The molecule has 0 saturated heterocycles. The van der Waals surface area contributed by atoms with Gasteiger partial charge in [0.05, 0.1) is 0 Å². The first-order valence-corrected chi connectivity index (χ1v) is 11.3. The SMILES string of the molecule is O=C(CCCc1ccc2ccc3cccc4ccc1c2c34)N[C@@H](Cc1ccccc1)C(=O)O. The van der Waals surface area contributed by atoms with Gasteiger partial charge in [0.25, 0.3) is 0 Å². The van der Waals surface area contributed by atoms with Crippen LogP contribution in [0.2, 0.25) is 0 Å². The van der Waals surface area contributed by atoms with Crippen LogP contribution in [0.15, 0.2) is 84.9 Å². The van der Waals surface area contributed by atoms with E-state index in [1.54, 1.807) is 0 Å². The summed E-state index contributed by atoms with van der Waals surface area (Å²) < 4.78 is 0. The molecule has 0 radical (unpaired) electrons. The van der Waals surface area contributed by atoms with E-state index in [9.17, 15) is 14.7 Å². The van der Waals surface area contributed by atoms with Gasteiger partial charge in [-0.3, -0.25) is 4.79 Å². The number of carboxylic acids is 1. The average Bonchev–Trinajstić information content (AvgIpc) is 2.83. The zero-order valence-corrected chi connectivity index (χ0v) is 18.3. The monoisotopic (exact) mass is 435 g/mol. The number of nitrogens with one attached hydrogen (secondary N) is 1. The van der Waals surface area contributed by atoms with E-state index >= 15 is 0 Å². The lowest BCUT2D eigenvalue weighted by Crippen LogP contribution is -2.42. The smallest absolute Gasteiger partial charge is 0.326 e. The molecule has 164 valence electrons. The van der Waals surface area contributed by atoms with Gasteiger partial charge < -0.3 is 10.4 Å². The van der Waals surface area contributed by atoms with Gasteiger partial charge in [0.2, 0.25) is 5.91 Å². The quantitative estimate of drug-likeness (QED) is 0.306. The van der Waals surface area contributed by atoms with E-state index in [1.807, 2.05) is 30.3 Å². The van der Waals surface area contributed by atoms with Gasteiger partial charge in [-0.25, -0.2) is 4.79 Å². The molecule has 5 rings (SSSR count).